The molecule has 0 aromatic carbocycles. The molecule has 0 aliphatic heterocycles. The highest BCUT2D eigenvalue weighted by atomic mass is 16.5. The first-order chi connectivity index (χ1) is 8.02. The quantitative estimate of drug-likeness (QED) is 0.637. The molecule has 0 unspecified atom stereocenters. The van der Waals surface area contributed by atoms with E-state index in [0.29, 0.717) is 19.8 Å². The van der Waals surface area contributed by atoms with Crippen molar-refractivity contribution in [1.82, 2.24) is 4.90 Å². The molecular weight excluding hydrogens is 222 g/mol. The Morgan fingerprint density at radius 3 is 1.71 bits per heavy atom. The SMILES string of the molecule is CCOC(=O)[C@H]1C(CN(C)C)[C@@H]1C(=O)OCC. The second-order valence-electron chi connectivity index (χ2n) is 4.48. The van der Waals surface area contributed by atoms with Crippen molar-refractivity contribution in [3.8, 4) is 0 Å². The van der Waals surface area contributed by atoms with Crippen molar-refractivity contribution >= 4 is 11.9 Å². The van der Waals surface area contributed by atoms with Gasteiger partial charge in [-0.25, -0.2) is 0 Å². The second-order valence-corrected chi connectivity index (χ2v) is 4.48. The van der Waals surface area contributed by atoms with Gasteiger partial charge in [-0.3, -0.25) is 9.59 Å². The number of hydrogen-bond acceptors (Lipinski definition) is 5. The minimum Gasteiger partial charge on any atom is -0.466 e. The first-order valence-corrected chi connectivity index (χ1v) is 6.00. The molecule has 1 fully saturated rings. The normalized spacial score (nSPS) is 26.8. The molecule has 5 heteroatoms. The number of carbonyl (C=O) groups excluding carboxylic acids is 2. The van der Waals surface area contributed by atoms with Crippen LogP contribution < -0.4 is 0 Å². The lowest BCUT2D eigenvalue weighted by Crippen LogP contribution is -2.18. The minimum atomic E-state index is -0.323. The van der Waals surface area contributed by atoms with Crippen molar-refractivity contribution in [2.45, 2.75) is 13.8 Å². The molecule has 0 aromatic heterocycles. The van der Waals surface area contributed by atoms with Gasteiger partial charge in [0, 0.05) is 6.54 Å². The molecular formula is C12H21NO4. The van der Waals surface area contributed by atoms with Crippen molar-refractivity contribution in [3.05, 3.63) is 0 Å². The average Bonchev–Trinajstić information content (AvgIpc) is 2.91. The fourth-order valence-corrected chi connectivity index (χ4v) is 2.14. The second kappa shape index (κ2) is 6.00. The fraction of sp³-hybridized carbons (Fsp3) is 0.833. The van der Waals surface area contributed by atoms with Crippen LogP contribution in [-0.4, -0.2) is 50.7 Å². The Balaban J connectivity index is 2.60. The van der Waals surface area contributed by atoms with Gasteiger partial charge < -0.3 is 14.4 Å². The van der Waals surface area contributed by atoms with E-state index in [2.05, 4.69) is 0 Å². The summed E-state index contributed by atoms with van der Waals surface area (Å²) in [6, 6.07) is 0. The first kappa shape index (κ1) is 14.0. The third-order valence-corrected chi connectivity index (χ3v) is 2.86. The summed E-state index contributed by atoms with van der Waals surface area (Å²) in [6.45, 7) is 4.92. The third kappa shape index (κ3) is 3.43. The van der Waals surface area contributed by atoms with E-state index in [9.17, 15) is 9.59 Å². The van der Waals surface area contributed by atoms with Gasteiger partial charge in [0.2, 0.25) is 0 Å². The Labute approximate surface area is 102 Å². The van der Waals surface area contributed by atoms with Gasteiger partial charge in [0.1, 0.15) is 0 Å². The summed E-state index contributed by atoms with van der Waals surface area (Å²) in [4.78, 5) is 25.3. The van der Waals surface area contributed by atoms with Crippen LogP contribution in [0.4, 0.5) is 0 Å². The standard InChI is InChI=1S/C12H21NO4/c1-5-16-11(14)9-8(7-13(3)4)10(9)12(15)17-6-2/h8-10H,5-7H2,1-4H3/t9-,10-/m0/s1. The van der Waals surface area contributed by atoms with E-state index in [1.165, 1.54) is 0 Å². The van der Waals surface area contributed by atoms with Crippen LogP contribution in [0.3, 0.4) is 0 Å². The molecule has 0 spiro atoms. The van der Waals surface area contributed by atoms with E-state index in [4.69, 9.17) is 9.47 Å². The van der Waals surface area contributed by atoms with Crippen molar-refractivity contribution in [1.29, 1.82) is 0 Å². The molecule has 5 nitrogen and oxygen atoms in total. The molecule has 0 bridgehead atoms. The number of rotatable bonds is 6. The summed E-state index contributed by atoms with van der Waals surface area (Å²) in [5, 5.41) is 0. The Morgan fingerprint density at radius 2 is 1.41 bits per heavy atom. The monoisotopic (exact) mass is 243 g/mol. The molecule has 2 atom stereocenters. The smallest absolute Gasteiger partial charge is 0.310 e. The highest BCUT2D eigenvalue weighted by Crippen LogP contribution is 2.48. The van der Waals surface area contributed by atoms with Crippen molar-refractivity contribution in [2.75, 3.05) is 33.9 Å². The maximum atomic E-state index is 11.7. The molecule has 0 saturated heterocycles. The van der Waals surface area contributed by atoms with Gasteiger partial charge in [0.15, 0.2) is 0 Å². The maximum absolute atomic E-state index is 11.7. The molecule has 1 rings (SSSR count). The predicted octanol–water partition coefficient (Wildman–Crippen LogP) is 0.536. The van der Waals surface area contributed by atoms with Gasteiger partial charge in [-0.1, -0.05) is 0 Å². The van der Waals surface area contributed by atoms with E-state index < -0.39 is 0 Å². The van der Waals surface area contributed by atoms with Gasteiger partial charge >= 0.3 is 11.9 Å². The number of carbonyl (C=O) groups is 2. The molecule has 0 amide bonds. The van der Waals surface area contributed by atoms with E-state index in [1.807, 2.05) is 19.0 Å². The van der Waals surface area contributed by atoms with E-state index in [1.54, 1.807) is 13.8 Å². The summed E-state index contributed by atoms with van der Waals surface area (Å²) in [6.07, 6.45) is 0. The van der Waals surface area contributed by atoms with Crippen LogP contribution in [0.5, 0.6) is 0 Å². The molecule has 98 valence electrons. The van der Waals surface area contributed by atoms with Crippen molar-refractivity contribution in [3.63, 3.8) is 0 Å². The Morgan fingerprint density at radius 1 is 1.00 bits per heavy atom. The Hall–Kier alpha value is -1.10. The Kier molecular flexibility index (Phi) is 4.93. The van der Waals surface area contributed by atoms with E-state index in [0.717, 1.165) is 0 Å². The molecule has 1 aliphatic rings. The zero-order chi connectivity index (χ0) is 13.0. The molecule has 0 radical (unpaired) electrons. The average molecular weight is 243 g/mol. The fourth-order valence-electron chi connectivity index (χ4n) is 2.14. The summed E-state index contributed by atoms with van der Waals surface area (Å²) < 4.78 is 9.94. The molecule has 1 aliphatic carbocycles. The van der Waals surface area contributed by atoms with Crippen molar-refractivity contribution < 1.29 is 19.1 Å². The van der Waals surface area contributed by atoms with E-state index >= 15 is 0 Å². The molecule has 17 heavy (non-hydrogen) atoms. The Bertz CT molecular complexity index is 266. The van der Waals surface area contributed by atoms with Crippen LogP contribution in [0.1, 0.15) is 13.8 Å². The maximum Gasteiger partial charge on any atom is 0.310 e. The minimum absolute atomic E-state index is 0.0306. The van der Waals surface area contributed by atoms with Crippen LogP contribution in [-0.2, 0) is 19.1 Å². The van der Waals surface area contributed by atoms with Gasteiger partial charge in [0.05, 0.1) is 25.0 Å². The van der Waals surface area contributed by atoms with Crippen molar-refractivity contribution in [2.24, 2.45) is 17.8 Å². The molecule has 0 N–H and O–H groups in total. The zero-order valence-electron chi connectivity index (χ0n) is 10.9. The third-order valence-electron chi connectivity index (χ3n) is 2.86. The zero-order valence-corrected chi connectivity index (χ0v) is 10.9. The number of ether oxygens (including phenoxy) is 2. The lowest BCUT2D eigenvalue weighted by molar-refractivity contribution is -0.150. The van der Waals surface area contributed by atoms with Gasteiger partial charge in [0.25, 0.3) is 0 Å². The van der Waals surface area contributed by atoms with Crippen LogP contribution >= 0.6 is 0 Å². The number of hydrogen-bond donors (Lipinski definition) is 0. The summed E-state index contributed by atoms with van der Waals surface area (Å²) in [5.74, 6) is -1.18. The summed E-state index contributed by atoms with van der Waals surface area (Å²) in [7, 11) is 3.84. The first-order valence-electron chi connectivity index (χ1n) is 6.00. The van der Waals surface area contributed by atoms with Crippen LogP contribution in [0.15, 0.2) is 0 Å². The topological polar surface area (TPSA) is 55.8 Å². The van der Waals surface area contributed by atoms with Crippen LogP contribution in [0, 0.1) is 17.8 Å². The molecule has 0 aromatic rings. The highest BCUT2D eigenvalue weighted by Gasteiger charge is 2.60. The lowest BCUT2D eigenvalue weighted by atomic mass is 10.3. The lowest BCUT2D eigenvalue weighted by Gasteiger charge is -2.08. The summed E-state index contributed by atoms with van der Waals surface area (Å²) in [5.41, 5.74) is 0. The molecule has 0 heterocycles. The summed E-state index contributed by atoms with van der Waals surface area (Å²) >= 11 is 0. The van der Waals surface area contributed by atoms with Crippen LogP contribution in [0.25, 0.3) is 0 Å². The van der Waals surface area contributed by atoms with Gasteiger partial charge in [-0.2, -0.15) is 0 Å². The van der Waals surface area contributed by atoms with Crippen LogP contribution in [0.2, 0.25) is 0 Å². The molecule has 1 saturated carbocycles. The number of nitrogens with zero attached hydrogens (tertiary/aromatic N) is 1. The largest absolute Gasteiger partial charge is 0.466 e. The van der Waals surface area contributed by atoms with Gasteiger partial charge in [-0.15, -0.1) is 0 Å². The number of esters is 2. The van der Waals surface area contributed by atoms with E-state index in [-0.39, 0.29) is 29.7 Å². The predicted molar refractivity (Wildman–Crippen MR) is 62.3 cm³/mol. The highest BCUT2D eigenvalue weighted by molar-refractivity contribution is 5.88. The van der Waals surface area contributed by atoms with Gasteiger partial charge in [-0.05, 0) is 33.9 Å².